The molecule has 142 valence electrons. The summed E-state index contributed by atoms with van der Waals surface area (Å²) in [6, 6.07) is 0.407. The molecular formula is C18H28N6O2. The van der Waals surface area contributed by atoms with Crippen molar-refractivity contribution in [2.75, 3.05) is 45.8 Å². The summed E-state index contributed by atoms with van der Waals surface area (Å²) in [5.74, 6) is 0.511. The van der Waals surface area contributed by atoms with E-state index in [1.54, 1.807) is 4.68 Å². The van der Waals surface area contributed by atoms with Crippen molar-refractivity contribution < 1.29 is 9.59 Å². The van der Waals surface area contributed by atoms with E-state index >= 15 is 0 Å². The van der Waals surface area contributed by atoms with Crippen molar-refractivity contribution in [1.29, 1.82) is 0 Å². The standard InChI is InChI=1S/C18H28N6O2/c1-22-11-13(8-20-22)15-9-19-10-16(15)18(26)24-6-4-23(5-7-24)12-17(25)21-14-2-3-14/h8,11,14-16,19H,2-7,9-10,12H2,1H3,(H,21,25)/t15-,16+/m1/s1. The topological polar surface area (TPSA) is 82.5 Å². The summed E-state index contributed by atoms with van der Waals surface area (Å²) < 4.78 is 1.79. The first kappa shape index (κ1) is 17.5. The Morgan fingerprint density at radius 3 is 2.65 bits per heavy atom. The maximum atomic E-state index is 13.0. The van der Waals surface area contributed by atoms with Gasteiger partial charge in [-0.2, -0.15) is 5.10 Å². The summed E-state index contributed by atoms with van der Waals surface area (Å²) in [4.78, 5) is 29.1. The second kappa shape index (κ2) is 7.36. The predicted octanol–water partition coefficient (Wildman–Crippen LogP) is -0.854. The van der Waals surface area contributed by atoms with Gasteiger partial charge in [0.1, 0.15) is 0 Å². The molecule has 0 spiro atoms. The third-order valence-electron chi connectivity index (χ3n) is 5.68. The molecule has 0 unspecified atom stereocenters. The zero-order chi connectivity index (χ0) is 18.1. The van der Waals surface area contributed by atoms with E-state index in [1.807, 2.05) is 24.3 Å². The van der Waals surface area contributed by atoms with Crippen molar-refractivity contribution in [3.05, 3.63) is 18.0 Å². The minimum Gasteiger partial charge on any atom is -0.352 e. The van der Waals surface area contributed by atoms with Gasteiger partial charge < -0.3 is 15.5 Å². The van der Waals surface area contributed by atoms with Crippen LogP contribution in [-0.2, 0) is 16.6 Å². The lowest BCUT2D eigenvalue weighted by Crippen LogP contribution is -2.53. The van der Waals surface area contributed by atoms with Crippen LogP contribution in [0.25, 0.3) is 0 Å². The van der Waals surface area contributed by atoms with Crippen LogP contribution < -0.4 is 10.6 Å². The highest BCUT2D eigenvalue weighted by atomic mass is 16.2. The molecule has 2 amide bonds. The molecule has 3 heterocycles. The Labute approximate surface area is 153 Å². The van der Waals surface area contributed by atoms with E-state index in [4.69, 9.17) is 0 Å². The molecule has 0 radical (unpaired) electrons. The molecule has 8 heteroatoms. The molecule has 4 rings (SSSR count). The first-order valence-corrected chi connectivity index (χ1v) is 9.60. The van der Waals surface area contributed by atoms with Gasteiger partial charge in [-0.15, -0.1) is 0 Å². The quantitative estimate of drug-likeness (QED) is 0.715. The maximum Gasteiger partial charge on any atom is 0.234 e. The number of aryl methyl sites for hydroxylation is 1. The second-order valence-corrected chi connectivity index (χ2v) is 7.76. The lowest BCUT2D eigenvalue weighted by atomic mass is 9.89. The van der Waals surface area contributed by atoms with E-state index in [0.717, 1.165) is 44.6 Å². The van der Waals surface area contributed by atoms with E-state index < -0.39 is 0 Å². The van der Waals surface area contributed by atoms with Crippen LogP contribution in [0.4, 0.5) is 0 Å². The summed E-state index contributed by atoms with van der Waals surface area (Å²) in [5.41, 5.74) is 1.13. The van der Waals surface area contributed by atoms with Gasteiger partial charge in [0, 0.05) is 64.5 Å². The van der Waals surface area contributed by atoms with Crippen molar-refractivity contribution >= 4 is 11.8 Å². The fraction of sp³-hybridized carbons (Fsp3) is 0.722. The summed E-state index contributed by atoms with van der Waals surface area (Å²) >= 11 is 0. The highest BCUT2D eigenvalue weighted by molar-refractivity contribution is 5.81. The number of hydrogen-bond donors (Lipinski definition) is 2. The van der Waals surface area contributed by atoms with Crippen LogP contribution in [0.5, 0.6) is 0 Å². The van der Waals surface area contributed by atoms with Gasteiger partial charge in [-0.05, 0) is 18.4 Å². The molecule has 2 N–H and O–H groups in total. The fourth-order valence-electron chi connectivity index (χ4n) is 3.99. The molecule has 1 aromatic heterocycles. The molecule has 0 bridgehead atoms. The van der Waals surface area contributed by atoms with Crippen LogP contribution in [0.2, 0.25) is 0 Å². The molecular weight excluding hydrogens is 332 g/mol. The van der Waals surface area contributed by atoms with Crippen molar-refractivity contribution in [2.45, 2.75) is 24.8 Å². The first-order chi connectivity index (χ1) is 12.6. The van der Waals surface area contributed by atoms with Gasteiger partial charge in [-0.3, -0.25) is 19.2 Å². The highest BCUT2D eigenvalue weighted by Gasteiger charge is 2.38. The molecule has 2 saturated heterocycles. The number of nitrogens with zero attached hydrogens (tertiary/aromatic N) is 4. The molecule has 2 aliphatic heterocycles. The minimum atomic E-state index is -0.0242. The Kier molecular flexibility index (Phi) is 4.95. The second-order valence-electron chi connectivity index (χ2n) is 7.76. The van der Waals surface area contributed by atoms with Crippen LogP contribution >= 0.6 is 0 Å². The number of piperazine rings is 1. The van der Waals surface area contributed by atoms with Crippen molar-refractivity contribution in [3.63, 3.8) is 0 Å². The summed E-state index contributed by atoms with van der Waals surface area (Å²) in [5, 5.41) is 10.6. The summed E-state index contributed by atoms with van der Waals surface area (Å²) in [6.07, 6.45) is 6.10. The lowest BCUT2D eigenvalue weighted by Gasteiger charge is -2.36. The van der Waals surface area contributed by atoms with Gasteiger partial charge in [0.15, 0.2) is 0 Å². The molecule has 8 nitrogen and oxygen atoms in total. The number of carbonyl (C=O) groups is 2. The van der Waals surface area contributed by atoms with E-state index in [9.17, 15) is 9.59 Å². The number of aromatic nitrogens is 2. The van der Waals surface area contributed by atoms with Crippen LogP contribution in [0.3, 0.4) is 0 Å². The average Bonchev–Trinajstić information content (AvgIpc) is 3.13. The Bertz CT molecular complexity index is 662. The monoisotopic (exact) mass is 360 g/mol. The third kappa shape index (κ3) is 3.91. The predicted molar refractivity (Wildman–Crippen MR) is 96.5 cm³/mol. The Morgan fingerprint density at radius 2 is 2.00 bits per heavy atom. The average molecular weight is 360 g/mol. The molecule has 3 aliphatic rings. The molecule has 1 aliphatic carbocycles. The maximum absolute atomic E-state index is 13.0. The van der Waals surface area contributed by atoms with E-state index in [2.05, 4.69) is 20.6 Å². The smallest absolute Gasteiger partial charge is 0.234 e. The van der Waals surface area contributed by atoms with Crippen molar-refractivity contribution in [3.8, 4) is 0 Å². The summed E-state index contributed by atoms with van der Waals surface area (Å²) in [7, 11) is 1.90. The number of carbonyl (C=O) groups excluding carboxylic acids is 2. The third-order valence-corrected chi connectivity index (χ3v) is 5.68. The first-order valence-electron chi connectivity index (χ1n) is 9.60. The van der Waals surface area contributed by atoms with Gasteiger partial charge in [0.05, 0.1) is 18.7 Å². The minimum absolute atomic E-state index is 0.0242. The highest BCUT2D eigenvalue weighted by Crippen LogP contribution is 2.29. The molecule has 0 aromatic carbocycles. The Morgan fingerprint density at radius 1 is 1.23 bits per heavy atom. The number of rotatable bonds is 5. The van der Waals surface area contributed by atoms with Crippen molar-refractivity contribution in [1.82, 2.24) is 30.2 Å². The lowest BCUT2D eigenvalue weighted by molar-refractivity contribution is -0.137. The molecule has 1 saturated carbocycles. The molecule has 2 atom stereocenters. The Balaban J connectivity index is 1.29. The molecule has 1 aromatic rings. The zero-order valence-corrected chi connectivity index (χ0v) is 15.4. The van der Waals surface area contributed by atoms with Gasteiger partial charge in [0.2, 0.25) is 11.8 Å². The van der Waals surface area contributed by atoms with Gasteiger partial charge in [-0.1, -0.05) is 0 Å². The normalized spacial score (nSPS) is 26.9. The fourth-order valence-corrected chi connectivity index (χ4v) is 3.99. The number of hydrogen-bond acceptors (Lipinski definition) is 5. The summed E-state index contributed by atoms with van der Waals surface area (Å²) in [6.45, 7) is 4.92. The van der Waals surface area contributed by atoms with E-state index in [1.165, 1.54) is 0 Å². The number of nitrogens with one attached hydrogen (secondary N) is 2. The Hall–Kier alpha value is -1.93. The van der Waals surface area contributed by atoms with Crippen LogP contribution in [0, 0.1) is 5.92 Å². The van der Waals surface area contributed by atoms with Gasteiger partial charge >= 0.3 is 0 Å². The van der Waals surface area contributed by atoms with Gasteiger partial charge in [0.25, 0.3) is 0 Å². The van der Waals surface area contributed by atoms with Crippen LogP contribution in [0.1, 0.15) is 24.3 Å². The molecule has 26 heavy (non-hydrogen) atoms. The van der Waals surface area contributed by atoms with Crippen LogP contribution in [0.15, 0.2) is 12.4 Å². The van der Waals surface area contributed by atoms with E-state index in [0.29, 0.717) is 25.7 Å². The zero-order valence-electron chi connectivity index (χ0n) is 15.4. The number of amides is 2. The van der Waals surface area contributed by atoms with Crippen molar-refractivity contribution in [2.24, 2.45) is 13.0 Å². The van der Waals surface area contributed by atoms with Crippen LogP contribution in [-0.4, -0.2) is 83.2 Å². The van der Waals surface area contributed by atoms with E-state index in [-0.39, 0.29) is 23.7 Å². The largest absolute Gasteiger partial charge is 0.352 e. The van der Waals surface area contributed by atoms with Gasteiger partial charge in [-0.25, -0.2) is 0 Å². The SMILES string of the molecule is Cn1cc([C@H]2CNC[C@@H]2C(=O)N2CCN(CC(=O)NC3CC3)CC2)cn1. The molecule has 3 fully saturated rings.